The molecule has 94 valence electrons. The van der Waals surface area contributed by atoms with E-state index in [9.17, 15) is 4.79 Å². The second-order valence-electron chi connectivity index (χ2n) is 5.08. The van der Waals surface area contributed by atoms with Gasteiger partial charge in [0.2, 0.25) is 0 Å². The van der Waals surface area contributed by atoms with E-state index in [-0.39, 0.29) is 18.2 Å². The lowest BCUT2D eigenvalue weighted by Gasteiger charge is -2.37. The Morgan fingerprint density at radius 1 is 1.59 bits per heavy atom. The van der Waals surface area contributed by atoms with E-state index in [1.165, 1.54) is 0 Å². The molecular formula is C14H20O3. The topological polar surface area (TPSA) is 35.5 Å². The van der Waals surface area contributed by atoms with Crippen molar-refractivity contribution >= 4 is 5.78 Å². The summed E-state index contributed by atoms with van der Waals surface area (Å²) in [5, 5.41) is 0. The summed E-state index contributed by atoms with van der Waals surface area (Å²) in [6.45, 7) is 8.08. The van der Waals surface area contributed by atoms with E-state index < -0.39 is 0 Å². The predicted octanol–water partition coefficient (Wildman–Crippen LogP) is 2.62. The number of hydrogen-bond donors (Lipinski definition) is 0. The third-order valence-corrected chi connectivity index (χ3v) is 3.39. The van der Waals surface area contributed by atoms with Crippen LogP contribution in [-0.4, -0.2) is 24.8 Å². The average molecular weight is 236 g/mol. The van der Waals surface area contributed by atoms with Gasteiger partial charge in [-0.1, -0.05) is 18.2 Å². The quantitative estimate of drug-likeness (QED) is 0.707. The van der Waals surface area contributed by atoms with E-state index in [4.69, 9.17) is 9.47 Å². The molecule has 0 spiro atoms. The molecule has 1 aliphatic heterocycles. The van der Waals surface area contributed by atoms with E-state index in [1.807, 2.05) is 19.9 Å². The Balaban J connectivity index is 1.95. The standard InChI is InChI=1S/C14H20O3/c1-9(2)8-16-12-7-6-11-5-4-10(3)13(15)14(11)17-12/h4,11-12,14H,1,5-8H2,2-3H3. The van der Waals surface area contributed by atoms with Gasteiger partial charge in [0.25, 0.3) is 0 Å². The average Bonchev–Trinajstić information content (AvgIpc) is 2.31. The van der Waals surface area contributed by atoms with Gasteiger partial charge in [-0.15, -0.1) is 0 Å². The zero-order chi connectivity index (χ0) is 12.4. The lowest BCUT2D eigenvalue weighted by Crippen LogP contribution is -2.43. The predicted molar refractivity (Wildman–Crippen MR) is 65.5 cm³/mol. The number of fused-ring (bicyclic) bond motifs is 1. The van der Waals surface area contributed by atoms with Crippen LogP contribution in [-0.2, 0) is 14.3 Å². The molecule has 1 fully saturated rings. The van der Waals surface area contributed by atoms with Crippen LogP contribution in [0.5, 0.6) is 0 Å². The Morgan fingerprint density at radius 3 is 3.06 bits per heavy atom. The van der Waals surface area contributed by atoms with Crippen molar-refractivity contribution in [3.63, 3.8) is 0 Å². The minimum atomic E-state index is -0.288. The number of carbonyl (C=O) groups is 1. The second-order valence-corrected chi connectivity index (χ2v) is 5.08. The molecule has 2 aliphatic rings. The summed E-state index contributed by atoms with van der Waals surface area (Å²) in [5.74, 6) is 0.473. The maximum absolute atomic E-state index is 12.0. The fourth-order valence-corrected chi connectivity index (χ4v) is 2.37. The summed E-state index contributed by atoms with van der Waals surface area (Å²) < 4.78 is 11.4. The monoisotopic (exact) mass is 236 g/mol. The molecule has 3 unspecified atom stereocenters. The lowest BCUT2D eigenvalue weighted by atomic mass is 9.82. The molecule has 0 N–H and O–H groups in total. The zero-order valence-corrected chi connectivity index (χ0v) is 10.6. The number of Topliss-reactive ketones (excluding diaryl/α,β-unsaturated/α-hetero) is 1. The first-order valence-corrected chi connectivity index (χ1v) is 6.20. The Bertz CT molecular complexity index is 356. The highest BCUT2D eigenvalue weighted by atomic mass is 16.7. The molecule has 0 saturated carbocycles. The van der Waals surface area contributed by atoms with Crippen LogP contribution in [0.15, 0.2) is 23.8 Å². The molecule has 1 aliphatic carbocycles. The molecule has 3 heteroatoms. The number of ether oxygens (including phenoxy) is 2. The first kappa shape index (κ1) is 12.5. The summed E-state index contributed by atoms with van der Waals surface area (Å²) in [7, 11) is 0. The SMILES string of the molecule is C=C(C)COC1CCC2CC=C(C)C(=O)C2O1. The molecule has 0 aromatic heterocycles. The third kappa shape index (κ3) is 2.85. The van der Waals surface area contributed by atoms with E-state index >= 15 is 0 Å². The number of ketones is 1. The van der Waals surface area contributed by atoms with Crippen LogP contribution < -0.4 is 0 Å². The molecule has 2 rings (SSSR count). The number of rotatable bonds is 3. The molecule has 1 saturated heterocycles. The Hall–Kier alpha value is -0.930. The smallest absolute Gasteiger partial charge is 0.187 e. The van der Waals surface area contributed by atoms with Gasteiger partial charge in [-0.2, -0.15) is 0 Å². The largest absolute Gasteiger partial charge is 0.348 e. The van der Waals surface area contributed by atoms with Crippen molar-refractivity contribution in [1.29, 1.82) is 0 Å². The lowest BCUT2D eigenvalue weighted by molar-refractivity contribution is -0.205. The van der Waals surface area contributed by atoms with E-state index in [2.05, 4.69) is 6.58 Å². The summed E-state index contributed by atoms with van der Waals surface area (Å²) >= 11 is 0. The van der Waals surface area contributed by atoms with E-state index in [0.29, 0.717) is 12.5 Å². The highest BCUT2D eigenvalue weighted by Gasteiger charge is 2.38. The fraction of sp³-hybridized carbons (Fsp3) is 0.643. The van der Waals surface area contributed by atoms with Gasteiger partial charge in [0.15, 0.2) is 12.1 Å². The second kappa shape index (κ2) is 5.15. The summed E-state index contributed by atoms with van der Waals surface area (Å²) in [6, 6.07) is 0. The van der Waals surface area contributed by atoms with E-state index in [0.717, 1.165) is 30.4 Å². The summed E-state index contributed by atoms with van der Waals surface area (Å²) in [6.07, 6.45) is 4.32. The molecule has 0 radical (unpaired) electrons. The first-order chi connectivity index (χ1) is 8.08. The van der Waals surface area contributed by atoms with Crippen LogP contribution >= 0.6 is 0 Å². The van der Waals surface area contributed by atoms with Gasteiger partial charge in [0.1, 0.15) is 6.10 Å². The minimum absolute atomic E-state index is 0.130. The van der Waals surface area contributed by atoms with Crippen molar-refractivity contribution in [3.8, 4) is 0 Å². The number of allylic oxidation sites excluding steroid dienone is 1. The van der Waals surface area contributed by atoms with Gasteiger partial charge in [-0.25, -0.2) is 0 Å². The van der Waals surface area contributed by atoms with Gasteiger partial charge in [0.05, 0.1) is 6.61 Å². The fourth-order valence-electron chi connectivity index (χ4n) is 2.37. The van der Waals surface area contributed by atoms with Crippen molar-refractivity contribution in [2.75, 3.05) is 6.61 Å². The van der Waals surface area contributed by atoms with Crippen molar-refractivity contribution < 1.29 is 14.3 Å². The third-order valence-electron chi connectivity index (χ3n) is 3.39. The molecule has 0 aromatic rings. The zero-order valence-electron chi connectivity index (χ0n) is 10.6. The number of carbonyl (C=O) groups excluding carboxylic acids is 1. The number of hydrogen-bond acceptors (Lipinski definition) is 3. The van der Waals surface area contributed by atoms with Crippen LogP contribution in [0.3, 0.4) is 0 Å². The van der Waals surface area contributed by atoms with Crippen molar-refractivity contribution in [2.24, 2.45) is 5.92 Å². The maximum Gasteiger partial charge on any atom is 0.187 e. The van der Waals surface area contributed by atoms with Crippen molar-refractivity contribution in [2.45, 2.75) is 45.5 Å². The minimum Gasteiger partial charge on any atom is -0.348 e. The van der Waals surface area contributed by atoms with Crippen LogP contribution in [0.1, 0.15) is 33.1 Å². The van der Waals surface area contributed by atoms with Crippen LogP contribution in [0, 0.1) is 5.92 Å². The van der Waals surface area contributed by atoms with Crippen molar-refractivity contribution in [1.82, 2.24) is 0 Å². The molecule has 0 aromatic carbocycles. The molecule has 0 amide bonds. The van der Waals surface area contributed by atoms with Gasteiger partial charge >= 0.3 is 0 Å². The summed E-state index contributed by atoms with van der Waals surface area (Å²) in [5.41, 5.74) is 1.80. The van der Waals surface area contributed by atoms with Crippen LogP contribution in [0.2, 0.25) is 0 Å². The maximum atomic E-state index is 12.0. The first-order valence-electron chi connectivity index (χ1n) is 6.20. The van der Waals surface area contributed by atoms with Crippen molar-refractivity contribution in [3.05, 3.63) is 23.8 Å². The summed E-state index contributed by atoms with van der Waals surface area (Å²) in [4.78, 5) is 12.0. The molecule has 3 nitrogen and oxygen atoms in total. The van der Waals surface area contributed by atoms with Gasteiger partial charge < -0.3 is 9.47 Å². The Labute approximate surface area is 102 Å². The Kier molecular flexibility index (Phi) is 3.79. The van der Waals surface area contributed by atoms with Gasteiger partial charge in [0, 0.05) is 0 Å². The molecule has 0 bridgehead atoms. The van der Waals surface area contributed by atoms with Crippen LogP contribution in [0.4, 0.5) is 0 Å². The van der Waals surface area contributed by atoms with Crippen LogP contribution in [0.25, 0.3) is 0 Å². The van der Waals surface area contributed by atoms with E-state index in [1.54, 1.807) is 0 Å². The Morgan fingerprint density at radius 2 is 2.35 bits per heavy atom. The van der Waals surface area contributed by atoms with Gasteiger partial charge in [-0.3, -0.25) is 4.79 Å². The molecule has 1 heterocycles. The molecule has 3 atom stereocenters. The van der Waals surface area contributed by atoms with Gasteiger partial charge in [-0.05, 0) is 44.6 Å². The normalized spacial score (nSPS) is 32.9. The highest BCUT2D eigenvalue weighted by Crippen LogP contribution is 2.33. The molecule has 17 heavy (non-hydrogen) atoms. The molecular weight excluding hydrogens is 216 g/mol. The highest BCUT2D eigenvalue weighted by molar-refractivity contribution is 5.99.